The van der Waals surface area contributed by atoms with E-state index in [9.17, 15) is 14.4 Å². The number of hydrogen-bond donors (Lipinski definition) is 0. The Labute approximate surface area is 199 Å². The topological polar surface area (TPSA) is 97.4 Å². The van der Waals surface area contributed by atoms with Crippen LogP contribution in [-0.2, 0) is 9.53 Å². The predicted octanol–water partition coefficient (Wildman–Crippen LogP) is 4.26. The summed E-state index contributed by atoms with van der Waals surface area (Å²) >= 11 is 0. The van der Waals surface area contributed by atoms with Gasteiger partial charge in [-0.25, -0.2) is 4.79 Å². The van der Waals surface area contributed by atoms with E-state index >= 15 is 0 Å². The normalized spacial score (nSPS) is 18.5. The number of rotatable bonds is 3. The molecule has 0 spiro atoms. The van der Waals surface area contributed by atoms with E-state index in [4.69, 9.17) is 23.7 Å². The number of allylic oxidation sites excluding steroid dienone is 1. The molecular weight excluding hydrogens is 452 g/mol. The monoisotopic (exact) mass is 470 g/mol. The van der Waals surface area contributed by atoms with Gasteiger partial charge in [-0.15, -0.1) is 0 Å². The van der Waals surface area contributed by atoms with Crippen LogP contribution in [0, 0.1) is 0 Å². The van der Waals surface area contributed by atoms with Crippen LogP contribution in [-0.4, -0.2) is 31.6 Å². The molecule has 3 aliphatic heterocycles. The summed E-state index contributed by atoms with van der Waals surface area (Å²) in [6.07, 6.45) is 1.70. The standard InChI is InChI=1S/C27H18O8/c1-31-27(30)15-4-2-14(3-5-15)10-22-25(29)17-7-9-20-24(26(17)35-22)18(12-23(28)34-20)16-6-8-19-21(11-16)33-13-32-19/h2-11,18H,12-13H2,1H3/b22-10-/t18-/m1/s1. The van der Waals surface area contributed by atoms with Gasteiger partial charge in [0.15, 0.2) is 17.3 Å². The Morgan fingerprint density at radius 2 is 1.71 bits per heavy atom. The lowest BCUT2D eigenvalue weighted by Crippen LogP contribution is -2.21. The molecule has 0 saturated carbocycles. The zero-order valence-corrected chi connectivity index (χ0v) is 18.5. The lowest BCUT2D eigenvalue weighted by molar-refractivity contribution is -0.135. The zero-order valence-electron chi connectivity index (χ0n) is 18.5. The van der Waals surface area contributed by atoms with Crippen LogP contribution in [0.3, 0.4) is 0 Å². The molecule has 0 saturated heterocycles. The molecule has 0 bridgehead atoms. The number of fused-ring (bicyclic) bond motifs is 4. The van der Waals surface area contributed by atoms with Gasteiger partial charge in [0.05, 0.1) is 24.7 Å². The van der Waals surface area contributed by atoms with Crippen molar-refractivity contribution in [1.82, 2.24) is 0 Å². The number of esters is 2. The second-order valence-corrected chi connectivity index (χ2v) is 8.25. The average molecular weight is 470 g/mol. The molecule has 8 nitrogen and oxygen atoms in total. The van der Waals surface area contributed by atoms with Crippen LogP contribution in [0.5, 0.6) is 23.0 Å². The maximum Gasteiger partial charge on any atom is 0.337 e. The lowest BCUT2D eigenvalue weighted by atomic mass is 9.84. The highest BCUT2D eigenvalue weighted by Crippen LogP contribution is 2.50. The van der Waals surface area contributed by atoms with Gasteiger partial charge in [-0.05, 0) is 53.6 Å². The number of carbonyl (C=O) groups is 3. The number of hydrogen-bond acceptors (Lipinski definition) is 8. The van der Waals surface area contributed by atoms with Gasteiger partial charge >= 0.3 is 11.9 Å². The Morgan fingerprint density at radius 1 is 0.943 bits per heavy atom. The van der Waals surface area contributed by atoms with Gasteiger partial charge in [-0.1, -0.05) is 18.2 Å². The van der Waals surface area contributed by atoms with Crippen molar-refractivity contribution in [1.29, 1.82) is 0 Å². The largest absolute Gasteiger partial charge is 0.465 e. The van der Waals surface area contributed by atoms with E-state index in [-0.39, 0.29) is 36.6 Å². The van der Waals surface area contributed by atoms with Gasteiger partial charge in [-0.3, -0.25) is 9.59 Å². The molecule has 8 heteroatoms. The maximum absolute atomic E-state index is 13.2. The molecule has 0 aromatic heterocycles. The third-order valence-corrected chi connectivity index (χ3v) is 6.21. The van der Waals surface area contributed by atoms with Crippen LogP contribution in [0.25, 0.3) is 6.08 Å². The summed E-state index contributed by atoms with van der Waals surface area (Å²) in [5.74, 6) is 0.638. The first kappa shape index (κ1) is 21.0. The molecule has 1 atom stereocenters. The fourth-order valence-electron chi connectivity index (χ4n) is 4.51. The minimum absolute atomic E-state index is 0.0919. The van der Waals surface area contributed by atoms with Crippen LogP contribution in [0.2, 0.25) is 0 Å². The SMILES string of the molecule is COC(=O)c1ccc(/C=C2\Oc3c(ccc4c3[C@@H](c3ccc5c(c3)OCO5)CC(=O)O4)C2=O)cc1. The number of ketones is 1. The average Bonchev–Trinajstić information content (AvgIpc) is 3.47. The van der Waals surface area contributed by atoms with Gasteiger partial charge in [0.25, 0.3) is 0 Å². The summed E-state index contributed by atoms with van der Waals surface area (Å²) in [4.78, 5) is 37.2. The molecular formula is C27H18O8. The number of ether oxygens (including phenoxy) is 5. The highest BCUT2D eigenvalue weighted by atomic mass is 16.7. The first-order valence-electron chi connectivity index (χ1n) is 10.9. The summed E-state index contributed by atoms with van der Waals surface area (Å²) in [6.45, 7) is 0.143. The van der Waals surface area contributed by atoms with E-state index < -0.39 is 5.97 Å². The third kappa shape index (κ3) is 3.50. The first-order chi connectivity index (χ1) is 17.0. The summed E-state index contributed by atoms with van der Waals surface area (Å²) in [6, 6.07) is 15.4. The van der Waals surface area contributed by atoms with E-state index in [1.54, 1.807) is 48.5 Å². The molecule has 3 aromatic rings. The van der Waals surface area contributed by atoms with Gasteiger partial charge in [0.2, 0.25) is 12.6 Å². The number of methoxy groups -OCH3 is 1. The molecule has 3 aliphatic rings. The highest BCUT2D eigenvalue weighted by Gasteiger charge is 2.39. The van der Waals surface area contributed by atoms with Crippen molar-refractivity contribution in [3.63, 3.8) is 0 Å². The Bertz CT molecular complexity index is 1430. The van der Waals surface area contributed by atoms with E-state index in [1.807, 2.05) is 12.1 Å². The summed E-state index contributed by atoms with van der Waals surface area (Å²) in [7, 11) is 1.31. The fourth-order valence-corrected chi connectivity index (χ4v) is 4.51. The van der Waals surface area contributed by atoms with Crippen LogP contribution in [0.15, 0.2) is 60.4 Å². The number of Topliss-reactive ketones (excluding diaryl/α,β-unsaturated/α-hetero) is 1. The van der Waals surface area contributed by atoms with Crippen molar-refractivity contribution in [2.24, 2.45) is 0 Å². The van der Waals surface area contributed by atoms with Gasteiger partial charge in [-0.2, -0.15) is 0 Å². The zero-order chi connectivity index (χ0) is 24.1. The summed E-state index contributed by atoms with van der Waals surface area (Å²) < 4.78 is 27.2. The van der Waals surface area contributed by atoms with Crippen LogP contribution < -0.4 is 18.9 Å². The van der Waals surface area contributed by atoms with Crippen molar-refractivity contribution >= 4 is 23.8 Å². The Hall–Kier alpha value is -4.59. The van der Waals surface area contributed by atoms with Crippen molar-refractivity contribution in [2.45, 2.75) is 12.3 Å². The molecule has 0 N–H and O–H groups in total. The number of carbonyl (C=O) groups excluding carboxylic acids is 3. The molecule has 0 fully saturated rings. The smallest absolute Gasteiger partial charge is 0.337 e. The van der Waals surface area contributed by atoms with Crippen molar-refractivity contribution in [3.8, 4) is 23.0 Å². The van der Waals surface area contributed by atoms with Crippen LogP contribution >= 0.6 is 0 Å². The van der Waals surface area contributed by atoms with Crippen molar-refractivity contribution in [2.75, 3.05) is 13.9 Å². The van der Waals surface area contributed by atoms with Crippen LogP contribution in [0.1, 0.15) is 49.7 Å². The fraction of sp³-hybridized carbons (Fsp3) is 0.148. The minimum Gasteiger partial charge on any atom is -0.465 e. The van der Waals surface area contributed by atoms with Gasteiger partial charge in [0.1, 0.15) is 11.5 Å². The summed E-state index contributed by atoms with van der Waals surface area (Å²) in [5.41, 5.74) is 2.94. The molecule has 174 valence electrons. The first-order valence-corrected chi connectivity index (χ1v) is 10.9. The van der Waals surface area contributed by atoms with Crippen molar-refractivity contribution < 1.29 is 38.1 Å². The predicted molar refractivity (Wildman–Crippen MR) is 122 cm³/mol. The lowest BCUT2D eigenvalue weighted by Gasteiger charge is -2.26. The van der Waals surface area contributed by atoms with Gasteiger partial charge < -0.3 is 23.7 Å². The molecule has 3 aromatic carbocycles. The molecule has 0 amide bonds. The minimum atomic E-state index is -0.444. The highest BCUT2D eigenvalue weighted by molar-refractivity contribution is 6.15. The molecule has 0 unspecified atom stereocenters. The van der Waals surface area contributed by atoms with E-state index in [2.05, 4.69) is 0 Å². The second-order valence-electron chi connectivity index (χ2n) is 8.25. The quantitative estimate of drug-likeness (QED) is 0.318. The molecule has 6 rings (SSSR count). The maximum atomic E-state index is 13.2. The van der Waals surface area contributed by atoms with Gasteiger partial charge in [0, 0.05) is 11.5 Å². The Balaban J connectivity index is 1.39. The second kappa shape index (κ2) is 8.02. The van der Waals surface area contributed by atoms with Crippen molar-refractivity contribution in [3.05, 3.63) is 88.2 Å². The Morgan fingerprint density at radius 3 is 2.51 bits per heavy atom. The van der Waals surface area contributed by atoms with E-state index in [1.165, 1.54) is 7.11 Å². The molecule has 0 radical (unpaired) electrons. The third-order valence-electron chi connectivity index (χ3n) is 6.21. The molecule has 3 heterocycles. The van der Waals surface area contributed by atoms with E-state index in [0.29, 0.717) is 45.3 Å². The Kier molecular flexibility index (Phi) is 4.81. The van der Waals surface area contributed by atoms with E-state index in [0.717, 1.165) is 5.56 Å². The molecule has 35 heavy (non-hydrogen) atoms. The summed E-state index contributed by atoms with van der Waals surface area (Å²) in [5, 5.41) is 0. The van der Waals surface area contributed by atoms with Crippen LogP contribution in [0.4, 0.5) is 0 Å². The molecule has 0 aliphatic carbocycles. The number of benzene rings is 3.